The molecule has 1 N–H and O–H groups in total. The summed E-state index contributed by atoms with van der Waals surface area (Å²) in [6.45, 7) is 10.3. The lowest BCUT2D eigenvalue weighted by atomic mass is 10.2. The molecule has 3 aromatic rings. The van der Waals surface area contributed by atoms with Crippen LogP contribution >= 0.6 is 0 Å². The summed E-state index contributed by atoms with van der Waals surface area (Å²) in [5, 5.41) is 3.27. The van der Waals surface area contributed by atoms with E-state index in [1.807, 2.05) is 48.4 Å². The van der Waals surface area contributed by atoms with Crippen molar-refractivity contribution in [1.29, 1.82) is 0 Å². The van der Waals surface area contributed by atoms with Crippen LogP contribution < -0.4 is 5.32 Å². The van der Waals surface area contributed by atoms with E-state index in [2.05, 4.69) is 38.6 Å². The number of carbonyl (C=O) groups excluding carboxylic acids is 1. The molecule has 0 bridgehead atoms. The number of rotatable bonds is 6. The van der Waals surface area contributed by atoms with Crippen molar-refractivity contribution in [2.24, 2.45) is 0 Å². The summed E-state index contributed by atoms with van der Waals surface area (Å²) >= 11 is 0. The van der Waals surface area contributed by atoms with Gasteiger partial charge in [0.15, 0.2) is 0 Å². The lowest BCUT2D eigenvalue weighted by Crippen LogP contribution is -2.37. The molecule has 2 aliphatic rings. The average molecular weight is 460 g/mol. The zero-order valence-corrected chi connectivity index (χ0v) is 20.2. The third kappa shape index (κ3) is 4.55. The van der Waals surface area contributed by atoms with Crippen LogP contribution in [0.3, 0.4) is 0 Å². The van der Waals surface area contributed by atoms with Gasteiger partial charge in [-0.15, -0.1) is 0 Å². The number of benzene rings is 1. The van der Waals surface area contributed by atoms with Crippen molar-refractivity contribution < 1.29 is 4.79 Å². The molecule has 8 nitrogen and oxygen atoms in total. The van der Waals surface area contributed by atoms with Crippen LogP contribution in [0.4, 0.5) is 11.6 Å². The molecule has 0 aliphatic carbocycles. The Labute approximate surface area is 201 Å². The largest absolute Gasteiger partial charge is 0.337 e. The van der Waals surface area contributed by atoms with Gasteiger partial charge in [0.05, 0.1) is 17.6 Å². The van der Waals surface area contributed by atoms with E-state index in [0.717, 1.165) is 48.0 Å². The molecule has 2 aromatic heterocycles. The summed E-state index contributed by atoms with van der Waals surface area (Å²) in [7, 11) is 0. The molecule has 1 amide bonds. The van der Waals surface area contributed by atoms with E-state index < -0.39 is 0 Å². The zero-order chi connectivity index (χ0) is 23.7. The maximum Gasteiger partial charge on any atom is 0.253 e. The first-order chi connectivity index (χ1) is 16.5. The van der Waals surface area contributed by atoms with Crippen molar-refractivity contribution in [2.45, 2.75) is 52.1 Å². The van der Waals surface area contributed by atoms with Crippen LogP contribution in [0.2, 0.25) is 0 Å². The molecule has 4 heterocycles. The summed E-state index contributed by atoms with van der Waals surface area (Å²) < 4.78 is 2.17. The second kappa shape index (κ2) is 9.54. The quantitative estimate of drug-likeness (QED) is 0.593. The highest BCUT2D eigenvalue weighted by molar-refractivity contribution is 5.94. The molecule has 34 heavy (non-hydrogen) atoms. The summed E-state index contributed by atoms with van der Waals surface area (Å²) in [5.41, 5.74) is 3.36. The van der Waals surface area contributed by atoms with Gasteiger partial charge in [0.2, 0.25) is 5.95 Å². The van der Waals surface area contributed by atoms with Gasteiger partial charge in [0.1, 0.15) is 5.82 Å². The molecule has 1 atom stereocenters. The smallest absolute Gasteiger partial charge is 0.253 e. The molecule has 1 aromatic carbocycles. The first-order valence-electron chi connectivity index (χ1n) is 12.3. The highest BCUT2D eigenvalue weighted by Gasteiger charge is 2.31. The van der Waals surface area contributed by atoms with Crippen LogP contribution in [0.25, 0.3) is 11.4 Å². The zero-order valence-electron chi connectivity index (χ0n) is 20.2. The highest BCUT2D eigenvalue weighted by atomic mass is 16.2. The molecule has 5 rings (SSSR count). The van der Waals surface area contributed by atoms with Crippen molar-refractivity contribution in [1.82, 2.24) is 29.3 Å². The Hall–Kier alpha value is -3.26. The van der Waals surface area contributed by atoms with Crippen LogP contribution in [-0.4, -0.2) is 67.4 Å². The minimum atomic E-state index is 0.115. The normalized spacial score (nSPS) is 18.7. The molecule has 0 unspecified atom stereocenters. The maximum absolute atomic E-state index is 13.0. The van der Waals surface area contributed by atoms with E-state index in [-0.39, 0.29) is 11.9 Å². The number of aromatic nitrogens is 4. The van der Waals surface area contributed by atoms with E-state index in [4.69, 9.17) is 4.98 Å². The minimum absolute atomic E-state index is 0.115. The highest BCUT2D eigenvalue weighted by Crippen LogP contribution is 2.25. The predicted octanol–water partition coefficient (Wildman–Crippen LogP) is 4.28. The molecule has 2 saturated heterocycles. The predicted molar refractivity (Wildman–Crippen MR) is 133 cm³/mol. The molecule has 2 aliphatic heterocycles. The Morgan fingerprint density at radius 1 is 1.06 bits per heavy atom. The molecule has 8 heteroatoms. The molecule has 0 radical (unpaired) electrons. The third-order valence-electron chi connectivity index (χ3n) is 6.91. The fraction of sp³-hybridized carbons (Fsp3) is 0.462. The Morgan fingerprint density at radius 2 is 1.82 bits per heavy atom. The van der Waals surface area contributed by atoms with Crippen LogP contribution in [-0.2, 0) is 0 Å². The Balaban J connectivity index is 1.25. The van der Waals surface area contributed by atoms with Crippen LogP contribution in [0.5, 0.6) is 0 Å². The molecular weight excluding hydrogens is 426 g/mol. The Bertz CT molecular complexity index is 1150. The standard InChI is InChI=1S/C26H33N7O/c1-18(2)33-19(3)28-16-24(33)23-10-12-27-26(30-23)29-21-8-6-20(7-9-21)25(34)32-15-11-22(17-32)31-13-4-5-14-31/h6-10,12,16,18,22H,4-5,11,13-15,17H2,1-3H3,(H,27,29,30)/t22-/m0/s1. The van der Waals surface area contributed by atoms with Crippen molar-refractivity contribution in [3.63, 3.8) is 0 Å². The van der Waals surface area contributed by atoms with E-state index in [1.165, 1.54) is 25.9 Å². The van der Waals surface area contributed by atoms with Gasteiger partial charge >= 0.3 is 0 Å². The number of carbonyl (C=O) groups is 1. The number of likely N-dealkylation sites (tertiary alicyclic amines) is 2. The number of amides is 1. The summed E-state index contributed by atoms with van der Waals surface area (Å²) in [6, 6.07) is 10.3. The first kappa shape index (κ1) is 22.5. The number of aryl methyl sites for hydroxylation is 1. The topological polar surface area (TPSA) is 79.2 Å². The van der Waals surface area contributed by atoms with Gasteiger partial charge in [0, 0.05) is 42.6 Å². The first-order valence-corrected chi connectivity index (χ1v) is 12.3. The lowest BCUT2D eigenvalue weighted by molar-refractivity contribution is 0.0780. The number of hydrogen-bond donors (Lipinski definition) is 1. The second-order valence-corrected chi connectivity index (χ2v) is 9.56. The average Bonchev–Trinajstić information content (AvgIpc) is 3.60. The van der Waals surface area contributed by atoms with Crippen molar-refractivity contribution >= 4 is 17.5 Å². The van der Waals surface area contributed by atoms with Gasteiger partial charge in [-0.25, -0.2) is 15.0 Å². The molecule has 0 saturated carbocycles. The number of hydrogen-bond acceptors (Lipinski definition) is 6. The third-order valence-corrected chi connectivity index (χ3v) is 6.91. The van der Waals surface area contributed by atoms with E-state index in [0.29, 0.717) is 12.0 Å². The molecule has 0 spiro atoms. The Morgan fingerprint density at radius 3 is 2.56 bits per heavy atom. The summed E-state index contributed by atoms with van der Waals surface area (Å²) in [5.74, 6) is 1.59. The van der Waals surface area contributed by atoms with Gasteiger partial charge < -0.3 is 14.8 Å². The summed E-state index contributed by atoms with van der Waals surface area (Å²) in [6.07, 6.45) is 7.25. The van der Waals surface area contributed by atoms with Gasteiger partial charge in [-0.1, -0.05) is 0 Å². The molecule has 178 valence electrons. The second-order valence-electron chi connectivity index (χ2n) is 9.56. The number of nitrogens with zero attached hydrogens (tertiary/aromatic N) is 6. The van der Waals surface area contributed by atoms with Crippen molar-refractivity contribution in [2.75, 3.05) is 31.5 Å². The fourth-order valence-corrected chi connectivity index (χ4v) is 5.20. The van der Waals surface area contributed by atoms with Crippen LogP contribution in [0.1, 0.15) is 55.3 Å². The number of nitrogens with one attached hydrogen (secondary N) is 1. The van der Waals surface area contributed by atoms with Gasteiger partial charge in [0.25, 0.3) is 5.91 Å². The maximum atomic E-state index is 13.0. The molecule has 2 fully saturated rings. The van der Waals surface area contributed by atoms with Gasteiger partial charge in [-0.2, -0.15) is 0 Å². The summed E-state index contributed by atoms with van der Waals surface area (Å²) in [4.78, 5) is 31.1. The molecular formula is C26H33N7O. The van der Waals surface area contributed by atoms with E-state index in [1.54, 1.807) is 6.20 Å². The number of anilines is 2. The van der Waals surface area contributed by atoms with Crippen LogP contribution in [0, 0.1) is 6.92 Å². The van der Waals surface area contributed by atoms with Crippen LogP contribution in [0.15, 0.2) is 42.7 Å². The van der Waals surface area contributed by atoms with Crippen molar-refractivity contribution in [3.8, 4) is 11.4 Å². The monoisotopic (exact) mass is 459 g/mol. The van der Waals surface area contributed by atoms with Gasteiger partial charge in [-0.3, -0.25) is 9.69 Å². The SMILES string of the molecule is Cc1ncc(-c2ccnc(Nc3ccc(C(=O)N4CC[C@H](N5CCCC5)C4)cc3)n2)n1C(C)C. The van der Waals surface area contributed by atoms with E-state index >= 15 is 0 Å². The lowest BCUT2D eigenvalue weighted by Gasteiger charge is -2.23. The van der Waals surface area contributed by atoms with Gasteiger partial charge in [-0.05, 0) is 83.5 Å². The van der Waals surface area contributed by atoms with Crippen molar-refractivity contribution in [3.05, 3.63) is 54.1 Å². The van der Waals surface area contributed by atoms with E-state index in [9.17, 15) is 4.79 Å². The Kier molecular flexibility index (Phi) is 6.32. The fourth-order valence-electron chi connectivity index (χ4n) is 5.20. The minimum Gasteiger partial charge on any atom is -0.337 e. The number of imidazole rings is 1.